The third-order valence-electron chi connectivity index (χ3n) is 3.45. The van der Waals surface area contributed by atoms with Gasteiger partial charge >= 0.3 is 0 Å². The van der Waals surface area contributed by atoms with E-state index in [1.807, 2.05) is 4.90 Å². The quantitative estimate of drug-likeness (QED) is 0.923. The molecular formula is C13H19BrN2OS. The smallest absolute Gasteiger partial charge is 0.219 e. The van der Waals surface area contributed by atoms with E-state index in [1.165, 1.54) is 8.66 Å². The van der Waals surface area contributed by atoms with Crippen molar-refractivity contribution in [3.63, 3.8) is 0 Å². The van der Waals surface area contributed by atoms with Gasteiger partial charge in [0.25, 0.3) is 0 Å². The van der Waals surface area contributed by atoms with Crippen LogP contribution in [0.25, 0.3) is 0 Å². The molecule has 1 saturated heterocycles. The van der Waals surface area contributed by atoms with Gasteiger partial charge in [0.1, 0.15) is 0 Å². The van der Waals surface area contributed by atoms with Crippen LogP contribution in [0.4, 0.5) is 0 Å². The van der Waals surface area contributed by atoms with Gasteiger partial charge in [-0.05, 0) is 47.8 Å². The van der Waals surface area contributed by atoms with Crippen molar-refractivity contribution in [2.75, 3.05) is 13.1 Å². The highest BCUT2D eigenvalue weighted by molar-refractivity contribution is 9.11. The minimum Gasteiger partial charge on any atom is -0.343 e. The third kappa shape index (κ3) is 3.56. The first kappa shape index (κ1) is 14.0. The van der Waals surface area contributed by atoms with E-state index in [1.54, 1.807) is 18.3 Å². The van der Waals surface area contributed by atoms with Gasteiger partial charge in [0.2, 0.25) is 5.91 Å². The molecule has 2 heterocycles. The summed E-state index contributed by atoms with van der Waals surface area (Å²) < 4.78 is 1.18. The van der Waals surface area contributed by atoms with Gasteiger partial charge in [0, 0.05) is 37.0 Å². The van der Waals surface area contributed by atoms with Gasteiger partial charge < -0.3 is 10.2 Å². The number of carbonyl (C=O) groups excluding carboxylic acids is 1. The van der Waals surface area contributed by atoms with Crippen LogP contribution < -0.4 is 5.32 Å². The van der Waals surface area contributed by atoms with E-state index >= 15 is 0 Å². The summed E-state index contributed by atoms with van der Waals surface area (Å²) in [6.07, 6.45) is 2.10. The van der Waals surface area contributed by atoms with Crippen LogP contribution in [0.5, 0.6) is 0 Å². The molecule has 1 aliphatic rings. The molecule has 0 bridgehead atoms. The molecule has 18 heavy (non-hydrogen) atoms. The van der Waals surface area contributed by atoms with E-state index in [2.05, 4.69) is 40.3 Å². The first-order chi connectivity index (χ1) is 8.56. The zero-order valence-electron chi connectivity index (χ0n) is 10.8. The fourth-order valence-electron chi connectivity index (χ4n) is 2.36. The standard InChI is InChI=1S/C13H19BrN2OS/c1-9(12-3-4-13(14)18-12)15-11-5-7-16(8-6-11)10(2)17/h3-4,9,11,15H,5-8H2,1-2H3. The van der Waals surface area contributed by atoms with Gasteiger partial charge in [-0.3, -0.25) is 4.79 Å². The van der Waals surface area contributed by atoms with Crippen molar-refractivity contribution in [1.29, 1.82) is 0 Å². The monoisotopic (exact) mass is 330 g/mol. The molecule has 3 nitrogen and oxygen atoms in total. The fourth-order valence-corrected chi connectivity index (χ4v) is 3.79. The van der Waals surface area contributed by atoms with Gasteiger partial charge in [0.15, 0.2) is 0 Å². The van der Waals surface area contributed by atoms with Crippen molar-refractivity contribution in [2.45, 2.75) is 38.8 Å². The second kappa shape index (κ2) is 6.17. The first-order valence-corrected chi connectivity index (χ1v) is 7.94. The van der Waals surface area contributed by atoms with E-state index in [4.69, 9.17) is 0 Å². The number of halogens is 1. The zero-order valence-corrected chi connectivity index (χ0v) is 13.2. The molecule has 0 saturated carbocycles. The van der Waals surface area contributed by atoms with E-state index < -0.39 is 0 Å². The molecule has 0 aromatic carbocycles. The molecule has 1 amide bonds. The number of piperidine rings is 1. The SMILES string of the molecule is CC(=O)N1CCC(NC(C)c2ccc(Br)s2)CC1. The topological polar surface area (TPSA) is 32.3 Å². The summed E-state index contributed by atoms with van der Waals surface area (Å²) in [7, 11) is 0. The molecule has 1 aromatic heterocycles. The normalized spacial score (nSPS) is 18.9. The minimum atomic E-state index is 0.198. The van der Waals surface area contributed by atoms with Crippen LogP contribution in [-0.2, 0) is 4.79 Å². The lowest BCUT2D eigenvalue weighted by atomic mass is 10.0. The summed E-state index contributed by atoms with van der Waals surface area (Å²) in [5.41, 5.74) is 0. The Hall–Kier alpha value is -0.390. The van der Waals surface area contributed by atoms with Crippen molar-refractivity contribution in [1.82, 2.24) is 10.2 Å². The van der Waals surface area contributed by atoms with Crippen molar-refractivity contribution < 1.29 is 4.79 Å². The Bertz CT molecular complexity index is 413. The molecule has 1 fully saturated rings. The van der Waals surface area contributed by atoms with E-state index in [0.717, 1.165) is 25.9 Å². The lowest BCUT2D eigenvalue weighted by Gasteiger charge is -2.33. The number of amides is 1. The van der Waals surface area contributed by atoms with Crippen LogP contribution in [0.3, 0.4) is 0 Å². The maximum Gasteiger partial charge on any atom is 0.219 e. The Morgan fingerprint density at radius 2 is 2.17 bits per heavy atom. The van der Waals surface area contributed by atoms with Crippen LogP contribution >= 0.6 is 27.3 Å². The van der Waals surface area contributed by atoms with Crippen molar-refractivity contribution in [2.24, 2.45) is 0 Å². The molecule has 100 valence electrons. The van der Waals surface area contributed by atoms with Crippen LogP contribution in [0.15, 0.2) is 15.9 Å². The number of likely N-dealkylation sites (tertiary alicyclic amines) is 1. The van der Waals surface area contributed by atoms with Crippen LogP contribution in [-0.4, -0.2) is 29.9 Å². The van der Waals surface area contributed by atoms with Crippen molar-refractivity contribution in [3.8, 4) is 0 Å². The molecule has 1 atom stereocenters. The highest BCUT2D eigenvalue weighted by atomic mass is 79.9. The number of rotatable bonds is 3. The first-order valence-electron chi connectivity index (χ1n) is 6.33. The summed E-state index contributed by atoms with van der Waals surface area (Å²) in [4.78, 5) is 14.5. The second-order valence-corrected chi connectivity index (χ2v) is 7.31. The molecule has 1 N–H and O–H groups in total. The Morgan fingerprint density at radius 1 is 1.50 bits per heavy atom. The van der Waals surface area contributed by atoms with Gasteiger partial charge in [-0.25, -0.2) is 0 Å². The molecule has 0 aliphatic carbocycles. The highest BCUT2D eigenvalue weighted by Crippen LogP contribution is 2.28. The lowest BCUT2D eigenvalue weighted by molar-refractivity contribution is -0.129. The van der Waals surface area contributed by atoms with Gasteiger partial charge in [-0.15, -0.1) is 11.3 Å². The second-order valence-electron chi connectivity index (χ2n) is 4.81. The number of thiophene rings is 1. The molecule has 0 radical (unpaired) electrons. The Kier molecular flexibility index (Phi) is 4.81. The van der Waals surface area contributed by atoms with Crippen LogP contribution in [0.2, 0.25) is 0 Å². The molecule has 1 aromatic rings. The third-order valence-corrected chi connectivity index (χ3v) is 5.25. The fraction of sp³-hybridized carbons (Fsp3) is 0.615. The largest absolute Gasteiger partial charge is 0.343 e. The minimum absolute atomic E-state index is 0.198. The summed E-state index contributed by atoms with van der Waals surface area (Å²) in [5.74, 6) is 0.198. The predicted molar refractivity (Wildman–Crippen MR) is 78.8 cm³/mol. The average molecular weight is 331 g/mol. The van der Waals surface area contributed by atoms with E-state index in [0.29, 0.717) is 12.1 Å². The Morgan fingerprint density at radius 3 is 2.67 bits per heavy atom. The summed E-state index contributed by atoms with van der Waals surface area (Å²) >= 11 is 5.28. The van der Waals surface area contributed by atoms with Crippen molar-refractivity contribution in [3.05, 3.63) is 20.8 Å². The zero-order chi connectivity index (χ0) is 13.1. The Balaban J connectivity index is 1.83. The highest BCUT2D eigenvalue weighted by Gasteiger charge is 2.22. The number of nitrogens with one attached hydrogen (secondary N) is 1. The number of nitrogens with zero attached hydrogens (tertiary/aromatic N) is 1. The molecule has 2 rings (SSSR count). The summed E-state index contributed by atoms with van der Waals surface area (Å²) in [5, 5.41) is 3.66. The Labute approximate surface area is 121 Å². The molecule has 5 heteroatoms. The summed E-state index contributed by atoms with van der Waals surface area (Å²) in [6, 6.07) is 5.17. The summed E-state index contributed by atoms with van der Waals surface area (Å²) in [6.45, 7) is 5.62. The van der Waals surface area contributed by atoms with Crippen LogP contribution in [0.1, 0.15) is 37.6 Å². The van der Waals surface area contributed by atoms with E-state index in [9.17, 15) is 4.79 Å². The predicted octanol–water partition coefficient (Wildman–Crippen LogP) is 3.17. The van der Waals surface area contributed by atoms with Gasteiger partial charge in [0.05, 0.1) is 3.79 Å². The number of hydrogen-bond donors (Lipinski definition) is 1. The average Bonchev–Trinajstić information content (AvgIpc) is 2.76. The molecular weight excluding hydrogens is 312 g/mol. The number of carbonyl (C=O) groups is 1. The number of hydrogen-bond acceptors (Lipinski definition) is 3. The molecule has 1 aliphatic heterocycles. The molecule has 0 spiro atoms. The molecule has 1 unspecified atom stereocenters. The van der Waals surface area contributed by atoms with E-state index in [-0.39, 0.29) is 5.91 Å². The maximum absolute atomic E-state index is 11.3. The van der Waals surface area contributed by atoms with Crippen LogP contribution in [0, 0.1) is 0 Å². The maximum atomic E-state index is 11.3. The van der Waals surface area contributed by atoms with Crippen molar-refractivity contribution >= 4 is 33.2 Å². The van der Waals surface area contributed by atoms with Gasteiger partial charge in [-0.2, -0.15) is 0 Å². The van der Waals surface area contributed by atoms with Gasteiger partial charge in [-0.1, -0.05) is 0 Å². The lowest BCUT2D eigenvalue weighted by Crippen LogP contribution is -2.44.